The molecule has 0 aliphatic heterocycles. The van der Waals surface area contributed by atoms with E-state index in [1.165, 1.54) is 30.7 Å². The summed E-state index contributed by atoms with van der Waals surface area (Å²) in [6, 6.07) is 10.6. The van der Waals surface area contributed by atoms with Crippen molar-refractivity contribution in [3.05, 3.63) is 82.4 Å². The fraction of sp³-hybridized carbons (Fsp3) is 0.0588. The van der Waals surface area contributed by atoms with Crippen LogP contribution in [0.25, 0.3) is 11.3 Å². The minimum absolute atomic E-state index is 0.0327. The smallest absolute Gasteiger partial charge is 0.260 e. The summed E-state index contributed by atoms with van der Waals surface area (Å²) >= 11 is 0. The van der Waals surface area contributed by atoms with Crippen LogP contribution in [-0.4, -0.2) is 20.9 Å². The minimum Gasteiger partial charge on any atom is -0.346 e. The molecule has 7 heteroatoms. The molecule has 0 radical (unpaired) electrons. The molecular formula is C17H13FN4O2. The number of pyridine rings is 1. The summed E-state index contributed by atoms with van der Waals surface area (Å²) in [5.74, 6) is -0.813. The van der Waals surface area contributed by atoms with Gasteiger partial charge in [0.25, 0.3) is 11.5 Å². The van der Waals surface area contributed by atoms with Gasteiger partial charge in [0.2, 0.25) is 0 Å². The number of rotatable bonds is 4. The van der Waals surface area contributed by atoms with Crippen LogP contribution in [0.1, 0.15) is 16.1 Å². The van der Waals surface area contributed by atoms with Crippen molar-refractivity contribution in [2.45, 2.75) is 6.54 Å². The molecule has 0 atom stereocenters. The van der Waals surface area contributed by atoms with E-state index in [1.54, 1.807) is 24.3 Å². The second-order valence-electron chi connectivity index (χ2n) is 5.00. The number of nitrogens with one attached hydrogen (secondary N) is 2. The van der Waals surface area contributed by atoms with Crippen LogP contribution in [0.3, 0.4) is 0 Å². The lowest BCUT2D eigenvalue weighted by molar-refractivity contribution is 0.0949. The van der Waals surface area contributed by atoms with E-state index in [2.05, 4.69) is 20.3 Å². The molecule has 0 spiro atoms. The van der Waals surface area contributed by atoms with Crippen molar-refractivity contribution in [2.75, 3.05) is 0 Å². The zero-order valence-corrected chi connectivity index (χ0v) is 12.5. The number of carbonyl (C=O) groups is 1. The number of benzene rings is 1. The Morgan fingerprint density at radius 3 is 2.71 bits per heavy atom. The molecule has 0 unspecified atom stereocenters. The Kier molecular flexibility index (Phi) is 4.42. The number of hydrogen-bond acceptors (Lipinski definition) is 4. The van der Waals surface area contributed by atoms with Gasteiger partial charge in [0, 0.05) is 11.8 Å². The van der Waals surface area contributed by atoms with Crippen molar-refractivity contribution in [1.82, 2.24) is 20.3 Å². The first kappa shape index (κ1) is 15.5. The molecule has 3 aromatic rings. The average Bonchev–Trinajstić information content (AvgIpc) is 2.61. The van der Waals surface area contributed by atoms with E-state index in [-0.39, 0.29) is 17.9 Å². The van der Waals surface area contributed by atoms with Crippen molar-refractivity contribution in [1.29, 1.82) is 0 Å². The lowest BCUT2D eigenvalue weighted by atomic mass is 10.1. The zero-order chi connectivity index (χ0) is 16.9. The van der Waals surface area contributed by atoms with Gasteiger partial charge in [-0.1, -0.05) is 0 Å². The monoisotopic (exact) mass is 324 g/mol. The number of nitrogens with zero attached hydrogens (tertiary/aromatic N) is 2. The van der Waals surface area contributed by atoms with Gasteiger partial charge in [-0.25, -0.2) is 14.4 Å². The molecule has 0 saturated carbocycles. The summed E-state index contributed by atoms with van der Waals surface area (Å²) in [5, 5.41) is 2.63. The van der Waals surface area contributed by atoms with Crippen molar-refractivity contribution in [3.63, 3.8) is 0 Å². The lowest BCUT2D eigenvalue weighted by Gasteiger charge is -2.06. The molecule has 2 aromatic heterocycles. The van der Waals surface area contributed by atoms with Gasteiger partial charge < -0.3 is 10.3 Å². The van der Waals surface area contributed by atoms with Gasteiger partial charge in [0.1, 0.15) is 17.7 Å². The highest BCUT2D eigenvalue weighted by molar-refractivity contribution is 5.93. The van der Waals surface area contributed by atoms with Crippen LogP contribution >= 0.6 is 0 Å². The number of aromatic nitrogens is 3. The number of amides is 1. The third kappa shape index (κ3) is 3.52. The Bertz CT molecular complexity index is 922. The second kappa shape index (κ2) is 6.82. The van der Waals surface area contributed by atoms with E-state index in [0.717, 1.165) is 5.56 Å². The third-order valence-electron chi connectivity index (χ3n) is 3.36. The van der Waals surface area contributed by atoms with E-state index in [1.807, 2.05) is 0 Å². The predicted octanol–water partition coefficient (Wildman–Crippen LogP) is 1.90. The summed E-state index contributed by atoms with van der Waals surface area (Å²) in [4.78, 5) is 34.2. The Balaban J connectivity index is 1.73. The van der Waals surface area contributed by atoms with Crippen LogP contribution in [0.15, 0.2) is 59.8 Å². The second-order valence-corrected chi connectivity index (χ2v) is 5.00. The van der Waals surface area contributed by atoms with E-state index in [4.69, 9.17) is 0 Å². The van der Waals surface area contributed by atoms with E-state index in [0.29, 0.717) is 11.4 Å². The summed E-state index contributed by atoms with van der Waals surface area (Å²) in [5.41, 5.74) is 1.51. The van der Waals surface area contributed by atoms with Crippen LogP contribution < -0.4 is 10.9 Å². The molecule has 0 saturated heterocycles. The van der Waals surface area contributed by atoms with Crippen LogP contribution in [0, 0.1) is 5.82 Å². The maximum absolute atomic E-state index is 13.0. The molecule has 2 heterocycles. The first-order valence-corrected chi connectivity index (χ1v) is 7.16. The van der Waals surface area contributed by atoms with Crippen molar-refractivity contribution >= 4 is 5.91 Å². The molecule has 24 heavy (non-hydrogen) atoms. The van der Waals surface area contributed by atoms with Crippen LogP contribution in [-0.2, 0) is 6.54 Å². The average molecular weight is 324 g/mol. The Labute approximate surface area is 136 Å². The van der Waals surface area contributed by atoms with Gasteiger partial charge in [-0.3, -0.25) is 9.59 Å². The summed E-state index contributed by atoms with van der Waals surface area (Å²) in [6.07, 6.45) is 2.83. The molecule has 0 aliphatic rings. The van der Waals surface area contributed by atoms with Crippen molar-refractivity contribution in [3.8, 4) is 11.3 Å². The standard InChI is InChI=1S/C17H13FN4O2/c18-12-5-3-11(4-6-12)15-8-13(21-10-22-15)9-20-17(24)14-2-1-7-19-16(14)23/h1-8,10H,9H2,(H,19,23)(H,20,24). The van der Waals surface area contributed by atoms with Crippen LogP contribution in [0.2, 0.25) is 0 Å². The number of carbonyl (C=O) groups excluding carboxylic acids is 1. The van der Waals surface area contributed by atoms with Crippen molar-refractivity contribution < 1.29 is 9.18 Å². The largest absolute Gasteiger partial charge is 0.346 e. The summed E-state index contributed by atoms with van der Waals surface area (Å²) < 4.78 is 13.0. The number of H-pyrrole nitrogens is 1. The van der Waals surface area contributed by atoms with E-state index in [9.17, 15) is 14.0 Å². The molecule has 6 nitrogen and oxygen atoms in total. The van der Waals surface area contributed by atoms with E-state index >= 15 is 0 Å². The predicted molar refractivity (Wildman–Crippen MR) is 85.7 cm³/mol. The lowest BCUT2D eigenvalue weighted by Crippen LogP contribution is -2.29. The maximum Gasteiger partial charge on any atom is 0.260 e. The number of aromatic amines is 1. The highest BCUT2D eigenvalue weighted by Gasteiger charge is 2.10. The maximum atomic E-state index is 13.0. The fourth-order valence-corrected chi connectivity index (χ4v) is 2.14. The molecule has 1 amide bonds. The SMILES string of the molecule is O=C(NCc1cc(-c2ccc(F)cc2)ncn1)c1ccc[nH]c1=O. The summed E-state index contributed by atoms with van der Waals surface area (Å²) in [6.45, 7) is 0.143. The molecule has 2 N–H and O–H groups in total. The number of hydrogen-bond donors (Lipinski definition) is 2. The highest BCUT2D eigenvalue weighted by atomic mass is 19.1. The third-order valence-corrected chi connectivity index (χ3v) is 3.36. The van der Waals surface area contributed by atoms with Gasteiger partial charge in [-0.15, -0.1) is 0 Å². The number of halogens is 1. The van der Waals surface area contributed by atoms with Gasteiger partial charge in [0.15, 0.2) is 0 Å². The normalized spacial score (nSPS) is 10.4. The van der Waals surface area contributed by atoms with Crippen molar-refractivity contribution in [2.24, 2.45) is 0 Å². The first-order chi connectivity index (χ1) is 11.6. The highest BCUT2D eigenvalue weighted by Crippen LogP contribution is 2.17. The first-order valence-electron chi connectivity index (χ1n) is 7.16. The van der Waals surface area contributed by atoms with E-state index < -0.39 is 11.5 Å². The molecular weight excluding hydrogens is 311 g/mol. The minimum atomic E-state index is -0.487. The topological polar surface area (TPSA) is 87.7 Å². The molecule has 0 aliphatic carbocycles. The Morgan fingerprint density at radius 2 is 1.96 bits per heavy atom. The fourth-order valence-electron chi connectivity index (χ4n) is 2.14. The Hall–Kier alpha value is -3.35. The zero-order valence-electron chi connectivity index (χ0n) is 12.5. The molecule has 3 rings (SSSR count). The molecule has 0 bridgehead atoms. The van der Waals surface area contributed by atoms with Gasteiger partial charge in [-0.05, 0) is 42.5 Å². The van der Waals surface area contributed by atoms with Gasteiger partial charge in [-0.2, -0.15) is 0 Å². The summed E-state index contributed by atoms with van der Waals surface area (Å²) in [7, 11) is 0. The van der Waals surface area contributed by atoms with Gasteiger partial charge >= 0.3 is 0 Å². The molecule has 0 fully saturated rings. The molecule has 120 valence electrons. The quantitative estimate of drug-likeness (QED) is 0.767. The van der Waals surface area contributed by atoms with Crippen LogP contribution in [0.5, 0.6) is 0 Å². The Morgan fingerprint density at radius 1 is 1.17 bits per heavy atom. The van der Waals surface area contributed by atoms with Crippen LogP contribution in [0.4, 0.5) is 4.39 Å². The molecule has 1 aromatic carbocycles. The van der Waals surface area contributed by atoms with Gasteiger partial charge in [0.05, 0.1) is 17.9 Å².